The molecule has 7 heteroatoms. The first-order valence-electron chi connectivity index (χ1n) is 4.54. The number of aliphatic carboxylic acids is 2. The number of aliphatic hydroxyl groups is 1. The zero-order valence-electron chi connectivity index (χ0n) is 9.81. The van der Waals surface area contributed by atoms with Crippen LogP contribution in [-0.2, 0) is 9.59 Å². The van der Waals surface area contributed by atoms with E-state index in [-0.39, 0.29) is 31.9 Å². The van der Waals surface area contributed by atoms with E-state index in [9.17, 15) is 9.59 Å². The van der Waals surface area contributed by atoms with E-state index in [1.165, 1.54) is 0 Å². The second-order valence-corrected chi connectivity index (χ2v) is 4.03. The molecule has 0 aromatic heterocycles. The molecule has 0 aliphatic rings. The Hall–Kier alpha value is -0.850. The molecule has 0 saturated carbocycles. The van der Waals surface area contributed by atoms with Crippen LogP contribution in [0, 0.1) is 0 Å². The number of rotatable bonds is 5. The number of hydrogen-bond donors (Lipinski definition) is 3. The minimum absolute atomic E-state index is 0. The van der Waals surface area contributed by atoms with Crippen LogP contribution < -0.4 is 12.4 Å². The Balaban J connectivity index is -0.000000200. The van der Waals surface area contributed by atoms with Crippen molar-refractivity contribution in [2.24, 2.45) is 0 Å². The van der Waals surface area contributed by atoms with Crippen LogP contribution >= 0.6 is 0 Å². The van der Waals surface area contributed by atoms with Gasteiger partial charge in [-0.3, -0.25) is 9.59 Å². The summed E-state index contributed by atoms with van der Waals surface area (Å²) in [6.07, 6.45) is -0.593. The zero-order valence-corrected chi connectivity index (χ0v) is 10.6. The highest BCUT2D eigenvalue weighted by molar-refractivity contribution is 5.75. The Morgan fingerprint density at radius 3 is 1.38 bits per heavy atom. The molecule has 0 atom stereocenters. The SMILES string of the molecule is C[N+](C)(C)CCO.O=C(O)CCC(=O)O.[Cl-]. The molecule has 0 fully saturated rings. The van der Waals surface area contributed by atoms with Crippen LogP contribution in [0.3, 0.4) is 0 Å². The average molecular weight is 258 g/mol. The zero-order chi connectivity index (χ0) is 12.5. The van der Waals surface area contributed by atoms with Crippen molar-refractivity contribution in [3.8, 4) is 0 Å². The van der Waals surface area contributed by atoms with Crippen molar-refractivity contribution >= 4 is 11.9 Å². The van der Waals surface area contributed by atoms with E-state index >= 15 is 0 Å². The molecule has 0 aliphatic carbocycles. The minimum atomic E-state index is -1.08. The molecule has 0 spiro atoms. The summed E-state index contributed by atoms with van der Waals surface area (Å²) in [4.78, 5) is 19.3. The molecule has 0 bridgehead atoms. The van der Waals surface area contributed by atoms with Gasteiger partial charge in [0.2, 0.25) is 0 Å². The fraction of sp³-hybridized carbons (Fsp3) is 0.778. The summed E-state index contributed by atoms with van der Waals surface area (Å²) in [5.41, 5.74) is 0. The van der Waals surface area contributed by atoms with Crippen LogP contribution in [0.1, 0.15) is 12.8 Å². The topological polar surface area (TPSA) is 94.8 Å². The third kappa shape index (κ3) is 29.2. The fourth-order valence-corrected chi connectivity index (χ4v) is 0.514. The standard InChI is InChI=1S/C5H14NO.C4H6O4.ClH/c1-6(2,3)4-5-7;5-3(6)1-2-4(7)8;/h7H,4-5H2,1-3H3;1-2H2,(H,5,6)(H,7,8);1H/q+1;;/p-1. The lowest BCUT2D eigenvalue weighted by Gasteiger charge is -2.21. The molecule has 6 nitrogen and oxygen atoms in total. The molecule has 0 aromatic carbocycles. The summed E-state index contributed by atoms with van der Waals surface area (Å²) >= 11 is 0. The average Bonchev–Trinajstić information content (AvgIpc) is 1.99. The molecule has 0 aliphatic heterocycles. The van der Waals surface area contributed by atoms with Crippen molar-refractivity contribution in [2.75, 3.05) is 34.3 Å². The van der Waals surface area contributed by atoms with Crippen LogP contribution in [-0.4, -0.2) is 66.0 Å². The monoisotopic (exact) mass is 257 g/mol. The maximum Gasteiger partial charge on any atom is 0.303 e. The summed E-state index contributed by atoms with van der Waals surface area (Å²) in [5, 5.41) is 24.2. The highest BCUT2D eigenvalue weighted by atomic mass is 35.5. The largest absolute Gasteiger partial charge is 1.00 e. The summed E-state index contributed by atoms with van der Waals surface area (Å²) in [5.74, 6) is -2.15. The molecule has 0 aromatic rings. The van der Waals surface area contributed by atoms with Gasteiger partial charge in [-0.05, 0) is 0 Å². The Labute approximate surface area is 101 Å². The second kappa shape index (κ2) is 10.7. The number of likely N-dealkylation sites (N-methyl/N-ethyl adjacent to an activating group) is 1. The summed E-state index contributed by atoms with van der Waals surface area (Å²) < 4.78 is 0.844. The second-order valence-electron chi connectivity index (χ2n) is 4.03. The minimum Gasteiger partial charge on any atom is -1.00 e. The van der Waals surface area contributed by atoms with E-state index in [0.717, 1.165) is 11.0 Å². The molecule has 0 heterocycles. The van der Waals surface area contributed by atoms with E-state index in [1.54, 1.807) is 0 Å². The molecule has 0 unspecified atom stereocenters. The van der Waals surface area contributed by atoms with Crippen LogP contribution in [0.4, 0.5) is 0 Å². The molecular formula is C9H20ClNO5. The maximum absolute atomic E-state index is 9.64. The van der Waals surface area contributed by atoms with E-state index in [0.29, 0.717) is 0 Å². The van der Waals surface area contributed by atoms with Gasteiger partial charge in [-0.2, -0.15) is 0 Å². The number of nitrogens with zero attached hydrogens (tertiary/aromatic N) is 1. The lowest BCUT2D eigenvalue weighted by Crippen LogP contribution is -3.00. The predicted molar refractivity (Wildman–Crippen MR) is 54.5 cm³/mol. The first-order valence-corrected chi connectivity index (χ1v) is 4.54. The van der Waals surface area contributed by atoms with Crippen molar-refractivity contribution in [1.82, 2.24) is 0 Å². The maximum atomic E-state index is 9.64. The third-order valence-corrected chi connectivity index (χ3v) is 1.32. The lowest BCUT2D eigenvalue weighted by molar-refractivity contribution is -0.870. The molecule has 16 heavy (non-hydrogen) atoms. The van der Waals surface area contributed by atoms with Gasteiger partial charge >= 0.3 is 11.9 Å². The Kier molecular flexibility index (Phi) is 13.7. The first kappa shape index (κ1) is 20.5. The van der Waals surface area contributed by atoms with E-state index in [1.807, 2.05) is 0 Å². The molecule has 0 saturated heterocycles. The van der Waals surface area contributed by atoms with Gasteiger partial charge in [0.25, 0.3) is 0 Å². The van der Waals surface area contributed by atoms with Gasteiger partial charge in [0.15, 0.2) is 0 Å². The molecule has 0 amide bonds. The quantitative estimate of drug-likeness (QED) is 0.447. The van der Waals surface area contributed by atoms with Crippen molar-refractivity contribution in [1.29, 1.82) is 0 Å². The Morgan fingerprint density at radius 2 is 1.31 bits per heavy atom. The van der Waals surface area contributed by atoms with Gasteiger partial charge in [0.1, 0.15) is 6.54 Å². The van der Waals surface area contributed by atoms with Crippen molar-refractivity contribution in [3.05, 3.63) is 0 Å². The Morgan fingerprint density at radius 1 is 1.00 bits per heavy atom. The summed E-state index contributed by atoms with van der Waals surface area (Å²) in [6.45, 7) is 1.11. The van der Waals surface area contributed by atoms with Crippen LogP contribution in [0.15, 0.2) is 0 Å². The number of carboxylic acid groups (broad SMARTS) is 2. The molecule has 0 rings (SSSR count). The number of aliphatic hydroxyl groups excluding tert-OH is 1. The van der Waals surface area contributed by atoms with Gasteiger partial charge in [-0.1, -0.05) is 0 Å². The van der Waals surface area contributed by atoms with Gasteiger partial charge in [0, 0.05) is 0 Å². The molecule has 3 N–H and O–H groups in total. The smallest absolute Gasteiger partial charge is 0.303 e. The number of carboxylic acids is 2. The third-order valence-electron chi connectivity index (χ3n) is 1.32. The van der Waals surface area contributed by atoms with Crippen molar-refractivity contribution in [2.45, 2.75) is 12.8 Å². The van der Waals surface area contributed by atoms with Crippen LogP contribution in [0.25, 0.3) is 0 Å². The fourth-order valence-electron chi connectivity index (χ4n) is 0.514. The summed E-state index contributed by atoms with van der Waals surface area (Å²) in [7, 11) is 6.16. The normalized spacial score (nSPS) is 9.50. The highest BCUT2D eigenvalue weighted by Crippen LogP contribution is 1.86. The molecule has 98 valence electrons. The van der Waals surface area contributed by atoms with Gasteiger partial charge in [0.05, 0.1) is 40.6 Å². The van der Waals surface area contributed by atoms with Crippen LogP contribution in [0.2, 0.25) is 0 Å². The van der Waals surface area contributed by atoms with E-state index in [4.69, 9.17) is 15.3 Å². The first-order chi connectivity index (χ1) is 6.69. The Bertz CT molecular complexity index is 189. The molecule has 0 radical (unpaired) electrons. The van der Waals surface area contributed by atoms with Gasteiger partial charge in [-0.25, -0.2) is 0 Å². The predicted octanol–water partition coefficient (Wildman–Crippen LogP) is -3.38. The van der Waals surface area contributed by atoms with E-state index in [2.05, 4.69) is 21.1 Å². The van der Waals surface area contributed by atoms with Gasteiger partial charge in [-0.15, -0.1) is 0 Å². The van der Waals surface area contributed by atoms with Crippen molar-refractivity contribution < 1.29 is 41.8 Å². The van der Waals surface area contributed by atoms with E-state index < -0.39 is 11.9 Å². The van der Waals surface area contributed by atoms with Crippen LogP contribution in [0.5, 0.6) is 0 Å². The molecular weight excluding hydrogens is 238 g/mol. The number of quaternary nitrogens is 1. The highest BCUT2D eigenvalue weighted by Gasteiger charge is 2.02. The number of halogens is 1. The summed E-state index contributed by atoms with van der Waals surface area (Å²) in [6, 6.07) is 0. The lowest BCUT2D eigenvalue weighted by atomic mass is 10.3. The van der Waals surface area contributed by atoms with Crippen molar-refractivity contribution in [3.63, 3.8) is 0 Å². The number of carbonyl (C=O) groups is 2. The van der Waals surface area contributed by atoms with Gasteiger partial charge < -0.3 is 32.2 Å². The number of hydrogen-bond acceptors (Lipinski definition) is 3.